The van der Waals surface area contributed by atoms with Gasteiger partial charge in [-0.1, -0.05) is 11.6 Å². The van der Waals surface area contributed by atoms with Crippen molar-refractivity contribution in [1.29, 1.82) is 5.26 Å². The van der Waals surface area contributed by atoms with Gasteiger partial charge in [-0.3, -0.25) is 4.98 Å². The maximum absolute atomic E-state index is 8.81. The minimum atomic E-state index is 0.377. The summed E-state index contributed by atoms with van der Waals surface area (Å²) in [5, 5.41) is 9.98. The molecule has 0 spiro atoms. The van der Waals surface area contributed by atoms with Gasteiger partial charge in [-0.2, -0.15) is 5.26 Å². The summed E-state index contributed by atoms with van der Waals surface area (Å²) < 4.78 is 0.686. The maximum Gasteiger partial charge on any atom is 0.107 e. The van der Waals surface area contributed by atoms with E-state index in [1.165, 1.54) is 6.20 Å². The highest BCUT2D eigenvalue weighted by atomic mass is 79.9. The Morgan fingerprint density at radius 3 is 2.93 bits per heavy atom. The Morgan fingerprint density at radius 1 is 1.53 bits per heavy atom. The summed E-state index contributed by atoms with van der Waals surface area (Å²) in [6, 6.07) is 3.76. The van der Waals surface area contributed by atoms with Crippen LogP contribution in [0.25, 0.3) is 10.9 Å². The first-order valence-corrected chi connectivity index (χ1v) is 5.32. The van der Waals surface area contributed by atoms with E-state index in [1.807, 2.05) is 13.0 Å². The highest BCUT2D eigenvalue weighted by Crippen LogP contribution is 2.28. The minimum absolute atomic E-state index is 0.377. The normalized spacial score (nSPS) is 10.3. The van der Waals surface area contributed by atoms with Gasteiger partial charge in [0.1, 0.15) is 10.7 Å². The van der Waals surface area contributed by atoms with Gasteiger partial charge in [0, 0.05) is 11.6 Å². The van der Waals surface area contributed by atoms with Crippen molar-refractivity contribution in [2.75, 3.05) is 0 Å². The van der Waals surface area contributed by atoms with Crippen LogP contribution in [0.1, 0.15) is 11.3 Å². The molecule has 0 aliphatic rings. The Bertz CT molecular complexity index is 589. The number of aromatic nitrogens is 2. The molecule has 2 aromatic rings. The lowest BCUT2D eigenvalue weighted by Crippen LogP contribution is -1.91. The standard InChI is InChI=1S/C10H5BrClN3/c1-5-10-7(2-8(11)15-5)9(12)6(3-13)4-14-10/h2,4H,1H3. The molecular formula is C10H5BrClN3. The molecule has 5 heteroatoms. The topological polar surface area (TPSA) is 49.6 Å². The second kappa shape index (κ2) is 3.76. The van der Waals surface area contributed by atoms with Crippen molar-refractivity contribution in [3.05, 3.63) is 33.1 Å². The van der Waals surface area contributed by atoms with Gasteiger partial charge in [-0.05, 0) is 28.9 Å². The van der Waals surface area contributed by atoms with Crippen LogP contribution >= 0.6 is 27.5 Å². The number of nitrogens with zero attached hydrogens (tertiary/aromatic N) is 3. The predicted octanol–water partition coefficient (Wildman–Crippen LogP) is 3.23. The molecule has 0 aliphatic carbocycles. The Labute approximate surface area is 99.8 Å². The van der Waals surface area contributed by atoms with Crippen LogP contribution in [0.3, 0.4) is 0 Å². The minimum Gasteiger partial charge on any atom is -0.253 e. The Morgan fingerprint density at radius 2 is 2.27 bits per heavy atom. The molecule has 0 bridgehead atoms. The van der Waals surface area contributed by atoms with E-state index in [1.54, 1.807) is 6.07 Å². The molecule has 0 aromatic carbocycles. The molecule has 0 unspecified atom stereocenters. The van der Waals surface area contributed by atoms with Crippen LogP contribution in [0.4, 0.5) is 0 Å². The second-order valence-corrected chi connectivity index (χ2v) is 4.21. The fraction of sp³-hybridized carbons (Fsp3) is 0.100. The largest absolute Gasteiger partial charge is 0.253 e. The summed E-state index contributed by atoms with van der Waals surface area (Å²) in [5.41, 5.74) is 1.88. The molecule has 3 nitrogen and oxygen atoms in total. The molecule has 2 heterocycles. The lowest BCUT2D eigenvalue weighted by atomic mass is 10.2. The third kappa shape index (κ3) is 1.69. The molecule has 15 heavy (non-hydrogen) atoms. The van der Waals surface area contributed by atoms with Gasteiger partial charge in [-0.15, -0.1) is 0 Å². The maximum atomic E-state index is 8.81. The van der Waals surface area contributed by atoms with Gasteiger partial charge in [-0.25, -0.2) is 4.98 Å². The average Bonchev–Trinajstić information content (AvgIpc) is 2.19. The monoisotopic (exact) mass is 281 g/mol. The Hall–Kier alpha value is -1.18. The van der Waals surface area contributed by atoms with E-state index in [9.17, 15) is 0 Å². The van der Waals surface area contributed by atoms with E-state index in [4.69, 9.17) is 16.9 Å². The van der Waals surface area contributed by atoms with Crippen LogP contribution in [0, 0.1) is 18.3 Å². The summed E-state index contributed by atoms with van der Waals surface area (Å²) >= 11 is 9.36. The van der Waals surface area contributed by atoms with Crippen LogP contribution in [0.5, 0.6) is 0 Å². The second-order valence-electron chi connectivity index (χ2n) is 3.02. The van der Waals surface area contributed by atoms with Gasteiger partial charge < -0.3 is 0 Å². The van der Waals surface area contributed by atoms with E-state index >= 15 is 0 Å². The molecule has 0 aliphatic heterocycles. The number of hydrogen-bond acceptors (Lipinski definition) is 3. The number of rotatable bonds is 0. The molecule has 0 radical (unpaired) electrons. The van der Waals surface area contributed by atoms with Gasteiger partial charge in [0.25, 0.3) is 0 Å². The number of fused-ring (bicyclic) bond motifs is 1. The Kier molecular flexibility index (Phi) is 2.59. The molecule has 0 N–H and O–H groups in total. The van der Waals surface area contributed by atoms with Crippen LogP contribution in [-0.2, 0) is 0 Å². The first-order chi connectivity index (χ1) is 7.13. The fourth-order valence-corrected chi connectivity index (χ4v) is 2.10. The van der Waals surface area contributed by atoms with E-state index in [0.29, 0.717) is 15.2 Å². The molecule has 2 aromatic heterocycles. The van der Waals surface area contributed by atoms with Gasteiger partial charge in [0.15, 0.2) is 0 Å². The van der Waals surface area contributed by atoms with Crippen molar-refractivity contribution in [2.24, 2.45) is 0 Å². The first-order valence-electron chi connectivity index (χ1n) is 4.15. The zero-order valence-corrected chi connectivity index (χ0v) is 10.1. The zero-order valence-electron chi connectivity index (χ0n) is 7.75. The zero-order chi connectivity index (χ0) is 11.0. The van der Waals surface area contributed by atoms with Crippen molar-refractivity contribution >= 4 is 38.4 Å². The summed E-state index contributed by atoms with van der Waals surface area (Å²) in [6.45, 7) is 1.85. The van der Waals surface area contributed by atoms with Crippen LogP contribution in [0.2, 0.25) is 5.02 Å². The lowest BCUT2D eigenvalue weighted by Gasteiger charge is -2.04. The highest BCUT2D eigenvalue weighted by Gasteiger charge is 2.09. The molecule has 0 atom stereocenters. The van der Waals surface area contributed by atoms with Crippen LogP contribution in [0.15, 0.2) is 16.9 Å². The molecule has 0 saturated carbocycles. The third-order valence-electron chi connectivity index (χ3n) is 2.05. The van der Waals surface area contributed by atoms with Crippen LogP contribution < -0.4 is 0 Å². The lowest BCUT2D eigenvalue weighted by molar-refractivity contribution is 1.17. The van der Waals surface area contributed by atoms with Gasteiger partial charge in [0.2, 0.25) is 0 Å². The van der Waals surface area contributed by atoms with E-state index in [2.05, 4.69) is 25.9 Å². The molecule has 74 valence electrons. The number of nitriles is 1. The molecule has 0 amide bonds. The number of halogens is 2. The quantitative estimate of drug-likeness (QED) is 0.697. The van der Waals surface area contributed by atoms with E-state index in [0.717, 1.165) is 16.6 Å². The van der Waals surface area contributed by atoms with Crippen molar-refractivity contribution in [3.8, 4) is 6.07 Å². The van der Waals surface area contributed by atoms with Crippen LogP contribution in [-0.4, -0.2) is 9.97 Å². The SMILES string of the molecule is Cc1nc(Br)cc2c(Cl)c(C#N)cnc12. The van der Waals surface area contributed by atoms with Crippen molar-refractivity contribution in [3.63, 3.8) is 0 Å². The highest BCUT2D eigenvalue weighted by molar-refractivity contribution is 9.10. The average molecular weight is 283 g/mol. The molecular weight excluding hydrogens is 277 g/mol. The summed E-state index contributed by atoms with van der Waals surface area (Å²) in [7, 11) is 0. The third-order valence-corrected chi connectivity index (χ3v) is 2.87. The fourth-order valence-electron chi connectivity index (χ4n) is 1.37. The van der Waals surface area contributed by atoms with Crippen molar-refractivity contribution < 1.29 is 0 Å². The number of hydrogen-bond donors (Lipinski definition) is 0. The van der Waals surface area contributed by atoms with Crippen molar-refractivity contribution in [2.45, 2.75) is 6.92 Å². The number of pyridine rings is 2. The smallest absolute Gasteiger partial charge is 0.107 e. The summed E-state index contributed by atoms with van der Waals surface area (Å²) in [6.07, 6.45) is 1.47. The molecule has 0 saturated heterocycles. The Balaban J connectivity index is 2.94. The van der Waals surface area contributed by atoms with E-state index in [-0.39, 0.29) is 0 Å². The van der Waals surface area contributed by atoms with Gasteiger partial charge >= 0.3 is 0 Å². The van der Waals surface area contributed by atoms with Gasteiger partial charge in [0.05, 0.1) is 21.8 Å². The van der Waals surface area contributed by atoms with E-state index < -0.39 is 0 Å². The predicted molar refractivity (Wildman–Crippen MR) is 61.7 cm³/mol. The van der Waals surface area contributed by atoms with Crippen molar-refractivity contribution in [1.82, 2.24) is 9.97 Å². The summed E-state index contributed by atoms with van der Waals surface area (Å²) in [5.74, 6) is 0. The molecule has 0 fully saturated rings. The number of aryl methyl sites for hydroxylation is 1. The first kappa shape index (κ1) is 10.3. The summed E-state index contributed by atoms with van der Waals surface area (Å²) in [4.78, 5) is 8.37. The molecule has 2 rings (SSSR count).